The third-order valence-corrected chi connectivity index (χ3v) is 5.24. The van der Waals surface area contributed by atoms with Gasteiger partial charge in [0.1, 0.15) is 0 Å². The van der Waals surface area contributed by atoms with Crippen molar-refractivity contribution in [1.82, 2.24) is 0 Å². The van der Waals surface area contributed by atoms with Gasteiger partial charge in [-0.25, -0.2) is 8.42 Å². The Morgan fingerprint density at radius 1 is 1.15 bits per heavy atom. The van der Waals surface area contributed by atoms with Crippen LogP contribution >= 0.6 is 0 Å². The molecule has 1 unspecified atom stereocenters. The van der Waals surface area contributed by atoms with Crippen molar-refractivity contribution in [1.29, 1.82) is 0 Å². The van der Waals surface area contributed by atoms with Gasteiger partial charge < -0.3 is 0 Å². The van der Waals surface area contributed by atoms with Crippen LogP contribution < -0.4 is 0 Å². The minimum atomic E-state index is -3.13. The van der Waals surface area contributed by atoms with Crippen molar-refractivity contribution in [3.8, 4) is 0 Å². The number of rotatable bonds is 7. The third-order valence-electron chi connectivity index (χ3n) is 3.47. The van der Waals surface area contributed by atoms with Crippen LogP contribution in [0.4, 0.5) is 0 Å². The molecule has 0 aliphatic carbocycles. The molecule has 0 heterocycles. The van der Waals surface area contributed by atoms with E-state index in [4.69, 9.17) is 0 Å². The Morgan fingerprint density at radius 3 is 2.30 bits per heavy atom. The third kappa shape index (κ3) is 5.91. The standard InChI is InChI=1S/C17H26O2S/c1-14(2)6-5-7-15(3)12-13-20(18,19)17-10-8-16(4)9-11-17/h6,8-11,15H,5,7,12-13H2,1-4H3. The fourth-order valence-corrected chi connectivity index (χ4v) is 3.52. The van der Waals surface area contributed by atoms with E-state index in [2.05, 4.69) is 26.8 Å². The summed E-state index contributed by atoms with van der Waals surface area (Å²) in [4.78, 5) is 0.444. The Kier molecular flexibility index (Phi) is 6.47. The van der Waals surface area contributed by atoms with Crippen LogP contribution in [0.25, 0.3) is 0 Å². The van der Waals surface area contributed by atoms with Crippen LogP contribution in [-0.4, -0.2) is 14.2 Å². The summed E-state index contributed by atoms with van der Waals surface area (Å²) in [5, 5.41) is 0. The average molecular weight is 294 g/mol. The molecule has 20 heavy (non-hydrogen) atoms. The van der Waals surface area contributed by atoms with E-state index in [1.54, 1.807) is 12.1 Å². The van der Waals surface area contributed by atoms with Gasteiger partial charge in [-0.15, -0.1) is 0 Å². The molecule has 0 N–H and O–H groups in total. The highest BCUT2D eigenvalue weighted by Crippen LogP contribution is 2.18. The zero-order valence-corrected chi connectivity index (χ0v) is 13.8. The van der Waals surface area contributed by atoms with Crippen LogP contribution in [0.1, 0.15) is 45.6 Å². The van der Waals surface area contributed by atoms with Crippen molar-refractivity contribution in [2.24, 2.45) is 5.92 Å². The zero-order chi connectivity index (χ0) is 15.2. The molecule has 1 aromatic carbocycles. The van der Waals surface area contributed by atoms with Gasteiger partial charge in [-0.1, -0.05) is 36.3 Å². The fourth-order valence-electron chi connectivity index (χ4n) is 2.02. The second-order valence-electron chi connectivity index (χ2n) is 5.88. The first-order chi connectivity index (χ1) is 9.31. The lowest BCUT2D eigenvalue weighted by atomic mass is 10.0. The molecule has 0 saturated heterocycles. The second kappa shape index (κ2) is 7.63. The summed E-state index contributed by atoms with van der Waals surface area (Å²) in [6.45, 7) is 8.27. The first kappa shape index (κ1) is 17.0. The molecular weight excluding hydrogens is 268 g/mol. The summed E-state index contributed by atoms with van der Waals surface area (Å²) in [5.74, 6) is 0.678. The Balaban J connectivity index is 2.51. The first-order valence-corrected chi connectivity index (χ1v) is 8.89. The lowest BCUT2D eigenvalue weighted by Gasteiger charge is -2.11. The van der Waals surface area contributed by atoms with Gasteiger partial charge in [-0.3, -0.25) is 0 Å². The summed E-state index contributed by atoms with van der Waals surface area (Å²) in [5.41, 5.74) is 2.41. The highest BCUT2D eigenvalue weighted by Gasteiger charge is 2.15. The van der Waals surface area contributed by atoms with Gasteiger partial charge in [0.2, 0.25) is 0 Å². The smallest absolute Gasteiger partial charge is 0.178 e. The molecule has 112 valence electrons. The predicted molar refractivity (Wildman–Crippen MR) is 85.7 cm³/mol. The Hall–Kier alpha value is -1.09. The molecule has 1 rings (SSSR count). The van der Waals surface area contributed by atoms with Gasteiger partial charge in [0.15, 0.2) is 9.84 Å². The Morgan fingerprint density at radius 2 is 1.75 bits per heavy atom. The van der Waals surface area contributed by atoms with Crippen LogP contribution in [0, 0.1) is 12.8 Å². The van der Waals surface area contributed by atoms with Gasteiger partial charge in [0, 0.05) is 0 Å². The van der Waals surface area contributed by atoms with Crippen LogP contribution in [-0.2, 0) is 9.84 Å². The van der Waals surface area contributed by atoms with E-state index >= 15 is 0 Å². The molecule has 0 fully saturated rings. The molecule has 0 bridgehead atoms. The molecular formula is C17H26O2S. The molecule has 0 spiro atoms. The van der Waals surface area contributed by atoms with Crippen LogP contribution in [0.5, 0.6) is 0 Å². The van der Waals surface area contributed by atoms with E-state index in [0.717, 1.165) is 24.8 Å². The summed E-state index contributed by atoms with van der Waals surface area (Å²) in [7, 11) is -3.13. The molecule has 0 radical (unpaired) electrons. The summed E-state index contributed by atoms with van der Waals surface area (Å²) in [6, 6.07) is 7.12. The summed E-state index contributed by atoms with van der Waals surface area (Å²) >= 11 is 0. The van der Waals surface area contributed by atoms with Gasteiger partial charge in [-0.2, -0.15) is 0 Å². The normalized spacial score (nSPS) is 13.0. The zero-order valence-electron chi connectivity index (χ0n) is 13.0. The van der Waals surface area contributed by atoms with Crippen LogP contribution in [0.15, 0.2) is 40.8 Å². The molecule has 0 amide bonds. The lowest BCUT2D eigenvalue weighted by Crippen LogP contribution is -2.10. The lowest BCUT2D eigenvalue weighted by molar-refractivity contribution is 0.513. The topological polar surface area (TPSA) is 34.1 Å². The van der Waals surface area contributed by atoms with Crippen molar-refractivity contribution >= 4 is 9.84 Å². The molecule has 0 aromatic heterocycles. The van der Waals surface area contributed by atoms with Gasteiger partial charge >= 0.3 is 0 Å². The molecule has 0 saturated carbocycles. The second-order valence-corrected chi connectivity index (χ2v) is 7.99. The largest absolute Gasteiger partial charge is 0.224 e. The quantitative estimate of drug-likeness (QED) is 0.692. The van der Waals surface area contributed by atoms with E-state index < -0.39 is 9.84 Å². The number of allylic oxidation sites excluding steroid dienone is 2. The van der Waals surface area contributed by atoms with Gasteiger partial charge in [0.05, 0.1) is 10.6 Å². The minimum absolute atomic E-state index is 0.242. The maximum Gasteiger partial charge on any atom is 0.178 e. The van der Waals surface area contributed by atoms with E-state index in [9.17, 15) is 8.42 Å². The Labute approximate surface area is 123 Å². The number of benzene rings is 1. The van der Waals surface area contributed by atoms with Crippen molar-refractivity contribution in [2.75, 3.05) is 5.75 Å². The van der Waals surface area contributed by atoms with Crippen molar-refractivity contribution in [2.45, 2.75) is 51.9 Å². The van der Waals surface area contributed by atoms with Crippen molar-refractivity contribution in [3.63, 3.8) is 0 Å². The Bertz CT molecular complexity index is 535. The first-order valence-electron chi connectivity index (χ1n) is 7.24. The molecule has 0 aliphatic rings. The molecule has 2 nitrogen and oxygen atoms in total. The summed E-state index contributed by atoms with van der Waals surface area (Å²) in [6.07, 6.45) is 5.03. The maximum atomic E-state index is 12.2. The molecule has 0 aliphatic heterocycles. The number of hydrogen-bond acceptors (Lipinski definition) is 2. The van der Waals surface area contributed by atoms with Crippen molar-refractivity contribution < 1.29 is 8.42 Å². The predicted octanol–water partition coefficient (Wildman–Crippen LogP) is 4.54. The molecule has 1 atom stereocenters. The molecule has 3 heteroatoms. The van der Waals surface area contributed by atoms with E-state index in [0.29, 0.717) is 10.8 Å². The summed E-state index contributed by atoms with van der Waals surface area (Å²) < 4.78 is 24.4. The monoisotopic (exact) mass is 294 g/mol. The fraction of sp³-hybridized carbons (Fsp3) is 0.529. The number of sulfone groups is 1. The van der Waals surface area contributed by atoms with Gasteiger partial charge in [0.25, 0.3) is 0 Å². The van der Waals surface area contributed by atoms with Gasteiger partial charge in [-0.05, 0) is 58.1 Å². The SMILES string of the molecule is CC(C)=CCCC(C)CCS(=O)(=O)c1ccc(C)cc1. The number of hydrogen-bond donors (Lipinski definition) is 0. The average Bonchev–Trinajstić information content (AvgIpc) is 2.36. The van der Waals surface area contributed by atoms with E-state index in [-0.39, 0.29) is 5.75 Å². The van der Waals surface area contributed by atoms with Crippen molar-refractivity contribution in [3.05, 3.63) is 41.5 Å². The van der Waals surface area contributed by atoms with Crippen LogP contribution in [0.3, 0.4) is 0 Å². The highest BCUT2D eigenvalue weighted by molar-refractivity contribution is 7.91. The van der Waals surface area contributed by atoms with Crippen LogP contribution in [0.2, 0.25) is 0 Å². The molecule has 1 aromatic rings. The minimum Gasteiger partial charge on any atom is -0.224 e. The maximum absolute atomic E-state index is 12.2. The highest BCUT2D eigenvalue weighted by atomic mass is 32.2. The van der Waals surface area contributed by atoms with E-state index in [1.807, 2.05) is 19.1 Å². The number of aryl methyl sites for hydroxylation is 1. The van der Waals surface area contributed by atoms with E-state index in [1.165, 1.54) is 5.57 Å².